The summed E-state index contributed by atoms with van der Waals surface area (Å²) in [6.07, 6.45) is 3.88. The van der Waals surface area contributed by atoms with Gasteiger partial charge in [-0.15, -0.1) is 0 Å². The fourth-order valence-corrected chi connectivity index (χ4v) is 1.84. The zero-order valence-corrected chi connectivity index (χ0v) is 10.7. The van der Waals surface area contributed by atoms with Gasteiger partial charge in [-0.1, -0.05) is 42.5 Å². The number of benzene rings is 1. The minimum Gasteiger partial charge on any atom is -0.308 e. The second-order valence-electron chi connectivity index (χ2n) is 4.23. The molecular formula is C16H14N2O. The van der Waals surface area contributed by atoms with Crippen LogP contribution in [0.3, 0.4) is 0 Å². The van der Waals surface area contributed by atoms with Crippen molar-refractivity contribution in [1.29, 1.82) is 5.26 Å². The van der Waals surface area contributed by atoms with E-state index in [1.165, 1.54) is 0 Å². The summed E-state index contributed by atoms with van der Waals surface area (Å²) < 4.78 is 1.60. The van der Waals surface area contributed by atoms with Crippen LogP contribution in [0.15, 0.2) is 53.3 Å². The maximum absolute atomic E-state index is 12.0. The van der Waals surface area contributed by atoms with E-state index in [2.05, 4.69) is 0 Å². The highest BCUT2D eigenvalue weighted by molar-refractivity contribution is 5.48. The molecule has 0 aliphatic carbocycles. The zero-order valence-electron chi connectivity index (χ0n) is 10.7. The molecule has 19 heavy (non-hydrogen) atoms. The molecule has 0 fully saturated rings. The van der Waals surface area contributed by atoms with Crippen molar-refractivity contribution >= 4 is 6.08 Å². The molecule has 0 saturated carbocycles. The van der Waals surface area contributed by atoms with E-state index in [0.29, 0.717) is 6.54 Å². The van der Waals surface area contributed by atoms with Crippen LogP contribution in [0.4, 0.5) is 0 Å². The Kier molecular flexibility index (Phi) is 3.94. The van der Waals surface area contributed by atoms with Crippen molar-refractivity contribution in [3.8, 4) is 6.07 Å². The summed E-state index contributed by atoms with van der Waals surface area (Å²) in [6.45, 7) is 2.33. The first-order chi connectivity index (χ1) is 9.22. The Balaban J connectivity index is 2.23. The third-order valence-corrected chi connectivity index (χ3v) is 2.91. The number of aryl methyl sites for hydroxylation is 1. The first-order valence-corrected chi connectivity index (χ1v) is 6.04. The summed E-state index contributed by atoms with van der Waals surface area (Å²) in [5.74, 6) is 0. The maximum Gasteiger partial charge on any atom is 0.268 e. The number of hydrogen-bond donors (Lipinski definition) is 0. The lowest BCUT2D eigenvalue weighted by Crippen LogP contribution is -2.23. The second-order valence-corrected chi connectivity index (χ2v) is 4.23. The van der Waals surface area contributed by atoms with Crippen LogP contribution in [-0.4, -0.2) is 4.57 Å². The first kappa shape index (κ1) is 12.8. The molecule has 0 unspecified atom stereocenters. The topological polar surface area (TPSA) is 45.8 Å². The Hall–Kier alpha value is -2.60. The fraction of sp³-hybridized carbons (Fsp3) is 0.125. The van der Waals surface area contributed by atoms with Gasteiger partial charge in [-0.05, 0) is 24.6 Å². The third-order valence-electron chi connectivity index (χ3n) is 2.91. The second kappa shape index (κ2) is 5.83. The van der Waals surface area contributed by atoms with Gasteiger partial charge < -0.3 is 4.57 Å². The quantitative estimate of drug-likeness (QED) is 0.840. The molecule has 2 aromatic rings. The maximum atomic E-state index is 12.0. The predicted octanol–water partition coefficient (Wildman–Crippen LogP) is 2.74. The largest absolute Gasteiger partial charge is 0.308 e. The summed E-state index contributed by atoms with van der Waals surface area (Å²) in [7, 11) is 0. The summed E-state index contributed by atoms with van der Waals surface area (Å²) in [5, 5.41) is 8.86. The summed E-state index contributed by atoms with van der Waals surface area (Å²) in [4.78, 5) is 12.0. The van der Waals surface area contributed by atoms with Gasteiger partial charge in [0, 0.05) is 12.2 Å². The van der Waals surface area contributed by atoms with Gasteiger partial charge in [-0.25, -0.2) is 0 Å². The van der Waals surface area contributed by atoms with Crippen LogP contribution >= 0.6 is 0 Å². The number of nitriles is 1. The highest BCUT2D eigenvalue weighted by Crippen LogP contribution is 2.03. The van der Waals surface area contributed by atoms with Crippen molar-refractivity contribution in [3.63, 3.8) is 0 Å². The Bertz CT molecular complexity index is 691. The molecule has 3 nitrogen and oxygen atoms in total. The third kappa shape index (κ3) is 2.99. The van der Waals surface area contributed by atoms with Crippen LogP contribution in [0.5, 0.6) is 0 Å². The molecule has 0 N–H and O–H groups in total. The Labute approximate surface area is 112 Å². The van der Waals surface area contributed by atoms with Crippen LogP contribution in [-0.2, 0) is 6.54 Å². The van der Waals surface area contributed by atoms with E-state index in [0.717, 1.165) is 11.3 Å². The van der Waals surface area contributed by atoms with Crippen molar-refractivity contribution in [1.82, 2.24) is 4.57 Å². The summed E-state index contributed by atoms with van der Waals surface area (Å²) in [5.41, 5.74) is 1.88. The van der Waals surface area contributed by atoms with E-state index in [9.17, 15) is 4.79 Å². The Morgan fingerprint density at radius 2 is 1.95 bits per heavy atom. The number of pyridine rings is 1. The zero-order chi connectivity index (χ0) is 13.7. The van der Waals surface area contributed by atoms with Crippen LogP contribution in [0.2, 0.25) is 0 Å². The highest BCUT2D eigenvalue weighted by Gasteiger charge is 2.03. The highest BCUT2D eigenvalue weighted by atomic mass is 16.1. The number of aromatic nitrogens is 1. The van der Waals surface area contributed by atoms with Crippen molar-refractivity contribution in [3.05, 3.63) is 75.7 Å². The molecular weight excluding hydrogens is 236 g/mol. The van der Waals surface area contributed by atoms with Crippen molar-refractivity contribution in [2.75, 3.05) is 0 Å². The molecule has 1 aromatic carbocycles. The monoisotopic (exact) mass is 250 g/mol. The molecule has 0 aliphatic rings. The van der Waals surface area contributed by atoms with Crippen LogP contribution in [0, 0.1) is 18.3 Å². The van der Waals surface area contributed by atoms with Gasteiger partial charge in [0.15, 0.2) is 0 Å². The van der Waals surface area contributed by atoms with Crippen molar-refractivity contribution in [2.45, 2.75) is 13.5 Å². The number of nitrogens with zero attached hydrogens (tertiary/aromatic N) is 2. The molecule has 94 valence electrons. The van der Waals surface area contributed by atoms with E-state index < -0.39 is 0 Å². The number of allylic oxidation sites excluding steroid dienone is 1. The van der Waals surface area contributed by atoms with Gasteiger partial charge in [0.1, 0.15) is 11.6 Å². The lowest BCUT2D eigenvalue weighted by molar-refractivity contribution is 0.746. The summed E-state index contributed by atoms with van der Waals surface area (Å²) >= 11 is 0. The molecule has 2 rings (SSSR count). The number of rotatable bonds is 3. The van der Waals surface area contributed by atoms with Gasteiger partial charge in [0.2, 0.25) is 0 Å². The van der Waals surface area contributed by atoms with E-state index in [1.807, 2.05) is 55.5 Å². The Morgan fingerprint density at radius 1 is 1.21 bits per heavy atom. The normalized spacial score (nSPS) is 10.5. The molecule has 0 spiro atoms. The molecule has 1 heterocycles. The minimum absolute atomic E-state index is 0.179. The van der Waals surface area contributed by atoms with E-state index in [-0.39, 0.29) is 11.1 Å². The van der Waals surface area contributed by atoms with E-state index in [1.54, 1.807) is 16.7 Å². The number of hydrogen-bond acceptors (Lipinski definition) is 2. The lowest BCUT2D eigenvalue weighted by atomic mass is 10.2. The van der Waals surface area contributed by atoms with Gasteiger partial charge in [-0.2, -0.15) is 5.26 Å². The standard InChI is InChI=1S/C16H14N2O/c1-13-9-10-15(12-17)16(19)18(13)11-5-8-14-6-3-2-4-7-14/h2-10H,11H2,1H3/b8-5+. The van der Waals surface area contributed by atoms with Gasteiger partial charge in [0.25, 0.3) is 5.56 Å². The van der Waals surface area contributed by atoms with Gasteiger partial charge in [0.05, 0.1) is 0 Å². The minimum atomic E-state index is -0.236. The predicted molar refractivity (Wildman–Crippen MR) is 75.6 cm³/mol. The molecule has 0 radical (unpaired) electrons. The van der Waals surface area contributed by atoms with E-state index in [4.69, 9.17) is 5.26 Å². The van der Waals surface area contributed by atoms with Crippen molar-refractivity contribution < 1.29 is 0 Å². The van der Waals surface area contributed by atoms with E-state index >= 15 is 0 Å². The molecule has 0 bridgehead atoms. The van der Waals surface area contributed by atoms with Crippen molar-refractivity contribution in [2.24, 2.45) is 0 Å². The van der Waals surface area contributed by atoms with Gasteiger partial charge >= 0.3 is 0 Å². The summed E-state index contributed by atoms with van der Waals surface area (Å²) in [6, 6.07) is 15.2. The lowest BCUT2D eigenvalue weighted by Gasteiger charge is -2.06. The van der Waals surface area contributed by atoms with Crippen LogP contribution in [0.25, 0.3) is 6.08 Å². The smallest absolute Gasteiger partial charge is 0.268 e. The SMILES string of the molecule is Cc1ccc(C#N)c(=O)n1C/C=C/c1ccccc1. The fourth-order valence-electron chi connectivity index (χ4n) is 1.84. The average molecular weight is 250 g/mol. The van der Waals surface area contributed by atoms with Gasteiger partial charge in [-0.3, -0.25) is 4.79 Å². The molecule has 1 aromatic heterocycles. The van der Waals surface area contributed by atoms with Crippen LogP contribution in [0.1, 0.15) is 16.8 Å². The molecule has 0 atom stereocenters. The molecule has 3 heteroatoms. The van der Waals surface area contributed by atoms with Crippen LogP contribution < -0.4 is 5.56 Å². The Morgan fingerprint density at radius 3 is 2.63 bits per heavy atom. The first-order valence-electron chi connectivity index (χ1n) is 6.04. The average Bonchev–Trinajstić information content (AvgIpc) is 2.44. The molecule has 0 aliphatic heterocycles. The molecule has 0 amide bonds. The molecule has 0 saturated heterocycles.